The molecule has 2 aliphatic heterocycles. The minimum Gasteiger partial charge on any atom is -0.492 e. The number of benzene rings is 2. The van der Waals surface area contributed by atoms with E-state index in [0.717, 1.165) is 56.3 Å². The number of hydrogen-bond donors (Lipinski definition) is 0. The summed E-state index contributed by atoms with van der Waals surface area (Å²) in [5.41, 5.74) is 1.13. The second-order valence-corrected chi connectivity index (χ2v) is 7.76. The molecule has 0 aliphatic carbocycles. The molecule has 0 aromatic heterocycles. The fraction of sp³-hybridized carbons (Fsp3) is 0.429. The molecule has 2 heterocycles. The van der Waals surface area contributed by atoms with E-state index in [1.54, 1.807) is 6.07 Å². The minimum absolute atomic E-state index is 0.270. The highest BCUT2D eigenvalue weighted by Crippen LogP contribution is 2.39. The van der Waals surface area contributed by atoms with Crippen LogP contribution >= 0.6 is 15.9 Å². The van der Waals surface area contributed by atoms with Gasteiger partial charge in [-0.15, -0.1) is 0 Å². The van der Waals surface area contributed by atoms with Crippen molar-refractivity contribution in [2.24, 2.45) is 0 Å². The fourth-order valence-corrected chi connectivity index (χ4v) is 4.05. The van der Waals surface area contributed by atoms with Gasteiger partial charge in [0, 0.05) is 32.7 Å². The maximum absolute atomic E-state index is 13.1. The van der Waals surface area contributed by atoms with E-state index in [-0.39, 0.29) is 5.82 Å². The molecule has 0 amide bonds. The Kier molecular flexibility index (Phi) is 6.22. The van der Waals surface area contributed by atoms with Gasteiger partial charge in [0.2, 0.25) is 0 Å². The molecule has 2 aromatic rings. The smallest absolute Gasteiger partial charge is 0.184 e. The van der Waals surface area contributed by atoms with Gasteiger partial charge in [-0.3, -0.25) is 4.90 Å². The second-order valence-electron chi connectivity index (χ2n) is 6.91. The molecule has 2 aliphatic rings. The number of rotatable bonds is 6. The van der Waals surface area contributed by atoms with Crippen molar-refractivity contribution in [2.75, 3.05) is 57.4 Å². The van der Waals surface area contributed by atoms with Crippen LogP contribution in [0.5, 0.6) is 17.2 Å². The summed E-state index contributed by atoms with van der Waals surface area (Å²) in [6.45, 7) is 6.75. The molecule has 1 saturated heterocycles. The number of anilines is 1. The van der Waals surface area contributed by atoms with Gasteiger partial charge in [-0.05, 0) is 52.7 Å². The van der Waals surface area contributed by atoms with Crippen molar-refractivity contribution in [1.29, 1.82) is 0 Å². The highest BCUT2D eigenvalue weighted by molar-refractivity contribution is 9.10. The SMILES string of the molecule is Fc1ccc(OCCCN2CCN(c3cccc4c3OCCO4)CC2)c(Br)c1. The average Bonchev–Trinajstić information content (AvgIpc) is 2.72. The zero-order valence-corrected chi connectivity index (χ0v) is 17.3. The minimum atomic E-state index is -0.270. The monoisotopic (exact) mass is 450 g/mol. The molecule has 0 bridgehead atoms. The molecular formula is C21H24BrFN2O3. The van der Waals surface area contributed by atoms with Crippen LogP contribution in [0.4, 0.5) is 10.1 Å². The van der Waals surface area contributed by atoms with E-state index in [1.807, 2.05) is 12.1 Å². The molecule has 0 N–H and O–H groups in total. The van der Waals surface area contributed by atoms with Crippen LogP contribution < -0.4 is 19.1 Å². The summed E-state index contributed by atoms with van der Waals surface area (Å²) < 4.78 is 31.1. The quantitative estimate of drug-likeness (QED) is 0.622. The summed E-state index contributed by atoms with van der Waals surface area (Å²) >= 11 is 3.33. The molecule has 7 heteroatoms. The molecule has 150 valence electrons. The van der Waals surface area contributed by atoms with E-state index in [1.165, 1.54) is 12.1 Å². The van der Waals surface area contributed by atoms with Crippen molar-refractivity contribution in [3.05, 3.63) is 46.7 Å². The van der Waals surface area contributed by atoms with Crippen molar-refractivity contribution < 1.29 is 18.6 Å². The number of ether oxygens (including phenoxy) is 3. The zero-order valence-electron chi connectivity index (χ0n) is 15.7. The maximum Gasteiger partial charge on any atom is 0.184 e. The van der Waals surface area contributed by atoms with Gasteiger partial charge in [-0.25, -0.2) is 4.39 Å². The Morgan fingerprint density at radius 1 is 1.04 bits per heavy atom. The number of halogens is 2. The lowest BCUT2D eigenvalue weighted by Crippen LogP contribution is -2.47. The van der Waals surface area contributed by atoms with E-state index in [4.69, 9.17) is 14.2 Å². The average molecular weight is 451 g/mol. The Hall–Kier alpha value is -1.99. The van der Waals surface area contributed by atoms with Gasteiger partial charge in [0.15, 0.2) is 11.5 Å². The number of hydrogen-bond acceptors (Lipinski definition) is 5. The van der Waals surface area contributed by atoms with Gasteiger partial charge in [-0.2, -0.15) is 0 Å². The highest BCUT2D eigenvalue weighted by Gasteiger charge is 2.23. The zero-order chi connectivity index (χ0) is 19.3. The van der Waals surface area contributed by atoms with Crippen molar-refractivity contribution in [1.82, 2.24) is 4.90 Å². The molecule has 0 atom stereocenters. The van der Waals surface area contributed by atoms with Crippen LogP contribution in [0, 0.1) is 5.82 Å². The molecule has 2 aromatic carbocycles. The second kappa shape index (κ2) is 9.01. The standard InChI is InChI=1S/C21H24BrFN2O3/c22-17-15-16(23)5-6-19(17)26-12-2-7-24-8-10-25(11-9-24)18-3-1-4-20-21(18)28-14-13-27-20/h1,3-6,15H,2,7-14H2. The first-order valence-corrected chi connectivity index (χ1v) is 10.4. The lowest BCUT2D eigenvalue weighted by Gasteiger charge is -2.37. The third-order valence-corrected chi connectivity index (χ3v) is 5.65. The van der Waals surface area contributed by atoms with Crippen LogP contribution in [-0.2, 0) is 0 Å². The summed E-state index contributed by atoms with van der Waals surface area (Å²) in [5, 5.41) is 0. The summed E-state index contributed by atoms with van der Waals surface area (Å²) in [5.74, 6) is 2.13. The summed E-state index contributed by atoms with van der Waals surface area (Å²) in [6.07, 6.45) is 0.932. The highest BCUT2D eigenvalue weighted by atomic mass is 79.9. The normalized spacial score (nSPS) is 16.9. The predicted octanol–water partition coefficient (Wildman–Crippen LogP) is 3.95. The van der Waals surface area contributed by atoms with Crippen molar-refractivity contribution in [3.63, 3.8) is 0 Å². The number of para-hydroxylation sites is 1. The Balaban J connectivity index is 1.23. The third kappa shape index (κ3) is 4.52. The fourth-order valence-electron chi connectivity index (χ4n) is 3.58. The van der Waals surface area contributed by atoms with E-state index in [0.29, 0.717) is 30.0 Å². The topological polar surface area (TPSA) is 34.2 Å². The molecule has 0 spiro atoms. The lowest BCUT2D eigenvalue weighted by atomic mass is 10.2. The first kappa shape index (κ1) is 19.3. The van der Waals surface area contributed by atoms with Crippen molar-refractivity contribution in [3.8, 4) is 17.2 Å². The Bertz CT molecular complexity index is 812. The maximum atomic E-state index is 13.1. The van der Waals surface area contributed by atoms with Crippen LogP contribution in [0.25, 0.3) is 0 Å². The molecule has 0 radical (unpaired) electrons. The first-order chi connectivity index (χ1) is 13.7. The molecule has 0 saturated carbocycles. The van der Waals surface area contributed by atoms with Gasteiger partial charge in [-0.1, -0.05) is 6.07 Å². The molecule has 5 nitrogen and oxygen atoms in total. The Labute approximate surface area is 173 Å². The summed E-state index contributed by atoms with van der Waals surface area (Å²) in [7, 11) is 0. The van der Waals surface area contributed by atoms with E-state index < -0.39 is 0 Å². The molecule has 28 heavy (non-hydrogen) atoms. The van der Waals surface area contributed by atoms with Crippen LogP contribution in [0.3, 0.4) is 0 Å². The van der Waals surface area contributed by atoms with Crippen LogP contribution in [0.1, 0.15) is 6.42 Å². The van der Waals surface area contributed by atoms with Crippen molar-refractivity contribution in [2.45, 2.75) is 6.42 Å². The predicted molar refractivity (Wildman–Crippen MR) is 110 cm³/mol. The summed E-state index contributed by atoms with van der Waals surface area (Å²) in [6, 6.07) is 10.6. The lowest BCUT2D eigenvalue weighted by molar-refractivity contribution is 0.171. The van der Waals surface area contributed by atoms with Crippen LogP contribution in [0.2, 0.25) is 0 Å². The number of fused-ring (bicyclic) bond motifs is 1. The van der Waals surface area contributed by atoms with Gasteiger partial charge in [0.1, 0.15) is 24.8 Å². The van der Waals surface area contributed by atoms with Gasteiger partial charge in [0.25, 0.3) is 0 Å². The van der Waals surface area contributed by atoms with E-state index in [2.05, 4.69) is 31.8 Å². The third-order valence-electron chi connectivity index (χ3n) is 5.03. The number of nitrogens with zero attached hydrogens (tertiary/aromatic N) is 2. The molecular weight excluding hydrogens is 427 g/mol. The Morgan fingerprint density at radius 3 is 2.68 bits per heavy atom. The van der Waals surface area contributed by atoms with Gasteiger partial charge in [0.05, 0.1) is 16.8 Å². The first-order valence-electron chi connectivity index (χ1n) is 9.64. The Morgan fingerprint density at radius 2 is 1.86 bits per heavy atom. The largest absolute Gasteiger partial charge is 0.492 e. The van der Waals surface area contributed by atoms with E-state index >= 15 is 0 Å². The van der Waals surface area contributed by atoms with E-state index in [9.17, 15) is 4.39 Å². The van der Waals surface area contributed by atoms with Crippen molar-refractivity contribution >= 4 is 21.6 Å². The molecule has 0 unspecified atom stereocenters. The van der Waals surface area contributed by atoms with Gasteiger partial charge >= 0.3 is 0 Å². The number of piperazine rings is 1. The van der Waals surface area contributed by atoms with Gasteiger partial charge < -0.3 is 19.1 Å². The molecule has 4 rings (SSSR count). The molecule has 1 fully saturated rings. The van der Waals surface area contributed by atoms with Crippen LogP contribution in [-0.4, -0.2) is 57.4 Å². The summed E-state index contributed by atoms with van der Waals surface area (Å²) in [4.78, 5) is 4.82. The van der Waals surface area contributed by atoms with Crippen LogP contribution in [0.15, 0.2) is 40.9 Å².